The van der Waals surface area contributed by atoms with Crippen molar-refractivity contribution >= 4 is 0 Å². The van der Waals surface area contributed by atoms with E-state index in [1.807, 2.05) is 0 Å². The van der Waals surface area contributed by atoms with Gasteiger partial charge < -0.3 is 4.74 Å². The molecule has 0 fully saturated rings. The first kappa shape index (κ1) is 7.98. The number of hydrogen-bond donors (Lipinski definition) is 0. The number of benzene rings is 1. The highest BCUT2D eigenvalue weighted by Gasteiger charge is 1.98. The van der Waals surface area contributed by atoms with E-state index in [0.29, 0.717) is 5.75 Å². The van der Waals surface area contributed by atoms with Gasteiger partial charge in [0.25, 0.3) is 0 Å². The molecule has 0 aromatic heterocycles. The molecule has 1 aromatic rings. The van der Waals surface area contributed by atoms with Crippen LogP contribution in [0.5, 0.6) is 5.75 Å². The predicted octanol–water partition coefficient (Wildman–Crippen LogP) is 2.52. The number of ether oxygens (including phenoxy) is 1. The van der Waals surface area contributed by atoms with Gasteiger partial charge in [0.1, 0.15) is 11.6 Å². The van der Waals surface area contributed by atoms with Crippen LogP contribution in [0, 0.1) is 5.82 Å². The number of halogens is 2. The molecule has 1 nitrogen and oxygen atoms in total. The van der Waals surface area contributed by atoms with Gasteiger partial charge in [-0.3, -0.25) is 0 Å². The van der Waals surface area contributed by atoms with Crippen molar-refractivity contribution in [2.75, 3.05) is 0 Å². The van der Waals surface area contributed by atoms with E-state index in [1.54, 1.807) is 0 Å². The summed E-state index contributed by atoms with van der Waals surface area (Å²) >= 11 is 0. The molecule has 0 heterocycles. The third-order valence-electron chi connectivity index (χ3n) is 1.11. The van der Waals surface area contributed by atoms with E-state index in [2.05, 4.69) is 4.74 Å². The lowest BCUT2D eigenvalue weighted by Crippen LogP contribution is -2.03. The molecule has 1 atom stereocenters. The normalized spacial score (nSPS) is 12.6. The first-order valence-electron chi connectivity index (χ1n) is 3.25. The molecular weight excluding hydrogens is 150 g/mol. The Kier molecular flexibility index (Phi) is 2.41. The van der Waals surface area contributed by atoms with Crippen LogP contribution in [-0.2, 0) is 0 Å². The molecule has 0 saturated heterocycles. The summed E-state index contributed by atoms with van der Waals surface area (Å²) in [5, 5.41) is 0. The Balaban J connectivity index is 2.66. The summed E-state index contributed by atoms with van der Waals surface area (Å²) in [4.78, 5) is 0. The van der Waals surface area contributed by atoms with Crippen molar-refractivity contribution in [1.82, 2.24) is 0 Å². The molecule has 0 bridgehead atoms. The minimum atomic E-state index is -1.36. The van der Waals surface area contributed by atoms with Crippen molar-refractivity contribution in [2.45, 2.75) is 13.3 Å². The molecule has 0 amide bonds. The minimum Gasteiger partial charge on any atom is -0.461 e. The van der Waals surface area contributed by atoms with Crippen LogP contribution in [0.15, 0.2) is 24.3 Å². The van der Waals surface area contributed by atoms with Gasteiger partial charge >= 0.3 is 0 Å². The maximum atomic E-state index is 12.3. The van der Waals surface area contributed by atoms with Crippen molar-refractivity contribution in [2.24, 2.45) is 0 Å². The smallest absolute Gasteiger partial charge is 0.235 e. The van der Waals surface area contributed by atoms with Gasteiger partial charge in [-0.2, -0.15) is 0 Å². The van der Waals surface area contributed by atoms with E-state index in [-0.39, 0.29) is 5.82 Å². The van der Waals surface area contributed by atoms with E-state index in [0.717, 1.165) is 0 Å². The molecule has 60 valence electrons. The Morgan fingerprint density at radius 3 is 2.27 bits per heavy atom. The Morgan fingerprint density at radius 2 is 1.82 bits per heavy atom. The van der Waals surface area contributed by atoms with E-state index >= 15 is 0 Å². The van der Waals surface area contributed by atoms with Gasteiger partial charge in [0.05, 0.1) is 0 Å². The molecule has 0 radical (unpaired) electrons. The van der Waals surface area contributed by atoms with Crippen molar-refractivity contribution in [1.29, 1.82) is 0 Å². The van der Waals surface area contributed by atoms with Crippen molar-refractivity contribution in [3.05, 3.63) is 30.1 Å². The third-order valence-corrected chi connectivity index (χ3v) is 1.11. The fraction of sp³-hybridized carbons (Fsp3) is 0.250. The average molecular weight is 158 g/mol. The highest BCUT2D eigenvalue weighted by molar-refractivity contribution is 5.22. The Morgan fingerprint density at radius 1 is 1.27 bits per heavy atom. The van der Waals surface area contributed by atoms with Crippen LogP contribution in [0.2, 0.25) is 0 Å². The molecule has 0 N–H and O–H groups in total. The van der Waals surface area contributed by atoms with E-state index in [9.17, 15) is 8.78 Å². The molecular formula is C8H8F2O. The van der Waals surface area contributed by atoms with Gasteiger partial charge in [-0.05, 0) is 24.3 Å². The predicted molar refractivity (Wildman–Crippen MR) is 37.6 cm³/mol. The quantitative estimate of drug-likeness (QED) is 0.642. The minimum absolute atomic E-state index is 0.335. The molecule has 0 aliphatic carbocycles. The van der Waals surface area contributed by atoms with Gasteiger partial charge in [-0.15, -0.1) is 0 Å². The van der Waals surface area contributed by atoms with Gasteiger partial charge in [-0.1, -0.05) is 0 Å². The lowest BCUT2D eigenvalue weighted by Gasteiger charge is -2.05. The summed E-state index contributed by atoms with van der Waals surface area (Å²) < 4.78 is 29.1. The second-order valence-corrected chi connectivity index (χ2v) is 2.11. The number of hydrogen-bond acceptors (Lipinski definition) is 1. The Bertz CT molecular complexity index is 218. The Labute approximate surface area is 63.6 Å². The maximum absolute atomic E-state index is 12.3. The highest BCUT2D eigenvalue weighted by atomic mass is 19.1. The van der Waals surface area contributed by atoms with Crippen molar-refractivity contribution in [3.8, 4) is 5.75 Å². The second kappa shape index (κ2) is 3.32. The zero-order valence-corrected chi connectivity index (χ0v) is 6.05. The van der Waals surface area contributed by atoms with Crippen LogP contribution >= 0.6 is 0 Å². The molecule has 1 aromatic carbocycles. The summed E-state index contributed by atoms with van der Waals surface area (Å²) in [6.45, 7) is 1.27. The van der Waals surface area contributed by atoms with E-state index < -0.39 is 6.36 Å². The molecule has 0 unspecified atom stereocenters. The van der Waals surface area contributed by atoms with Gasteiger partial charge in [0.2, 0.25) is 6.36 Å². The van der Waals surface area contributed by atoms with Crippen LogP contribution in [0.25, 0.3) is 0 Å². The third kappa shape index (κ3) is 2.53. The topological polar surface area (TPSA) is 9.23 Å². The molecule has 3 heteroatoms. The van der Waals surface area contributed by atoms with Gasteiger partial charge in [-0.25, -0.2) is 8.78 Å². The zero-order chi connectivity index (χ0) is 8.27. The molecule has 1 rings (SSSR count). The second-order valence-electron chi connectivity index (χ2n) is 2.11. The molecule has 0 saturated carbocycles. The average Bonchev–Trinajstić information content (AvgIpc) is 1.93. The summed E-state index contributed by atoms with van der Waals surface area (Å²) in [5.74, 6) is -0.0229. The monoisotopic (exact) mass is 158 g/mol. The summed E-state index contributed by atoms with van der Waals surface area (Å²) in [7, 11) is 0. The lowest BCUT2D eigenvalue weighted by molar-refractivity contribution is 0.0859. The van der Waals surface area contributed by atoms with Gasteiger partial charge in [0, 0.05) is 6.92 Å². The van der Waals surface area contributed by atoms with Crippen LogP contribution in [0.3, 0.4) is 0 Å². The summed E-state index contributed by atoms with van der Waals surface area (Å²) in [5.41, 5.74) is 0. The molecule has 0 aliphatic rings. The standard InChI is InChI=1S/C8H8F2O/c1-6(9)11-8-4-2-7(10)3-5-8/h2-6H,1H3/t6-/m1/s1. The summed E-state index contributed by atoms with van der Waals surface area (Å²) in [6.07, 6.45) is -1.36. The highest BCUT2D eigenvalue weighted by Crippen LogP contribution is 2.12. The van der Waals surface area contributed by atoms with Crippen LogP contribution < -0.4 is 4.74 Å². The summed E-state index contributed by atoms with van der Waals surface area (Å²) in [6, 6.07) is 5.20. The lowest BCUT2D eigenvalue weighted by atomic mass is 10.3. The maximum Gasteiger partial charge on any atom is 0.235 e. The molecule has 11 heavy (non-hydrogen) atoms. The molecule has 0 aliphatic heterocycles. The fourth-order valence-electron chi connectivity index (χ4n) is 0.701. The largest absolute Gasteiger partial charge is 0.461 e. The Hall–Kier alpha value is -1.12. The SMILES string of the molecule is C[C@H](F)Oc1ccc(F)cc1. The van der Waals surface area contributed by atoms with Crippen LogP contribution in [0.4, 0.5) is 8.78 Å². The first-order valence-corrected chi connectivity index (χ1v) is 3.25. The van der Waals surface area contributed by atoms with E-state index in [1.165, 1.54) is 31.2 Å². The fourth-order valence-corrected chi connectivity index (χ4v) is 0.701. The number of alkyl halides is 1. The van der Waals surface area contributed by atoms with Crippen LogP contribution in [0.1, 0.15) is 6.92 Å². The zero-order valence-electron chi connectivity index (χ0n) is 6.05. The number of rotatable bonds is 2. The van der Waals surface area contributed by atoms with Crippen molar-refractivity contribution in [3.63, 3.8) is 0 Å². The first-order chi connectivity index (χ1) is 5.18. The van der Waals surface area contributed by atoms with Crippen LogP contribution in [-0.4, -0.2) is 6.36 Å². The van der Waals surface area contributed by atoms with Gasteiger partial charge in [0.15, 0.2) is 0 Å². The van der Waals surface area contributed by atoms with E-state index in [4.69, 9.17) is 0 Å². The van der Waals surface area contributed by atoms with Crippen molar-refractivity contribution < 1.29 is 13.5 Å². The molecule has 0 spiro atoms.